The lowest BCUT2D eigenvalue weighted by Gasteiger charge is -2.33. The Hall–Kier alpha value is -3.71. The van der Waals surface area contributed by atoms with Gasteiger partial charge in [0.1, 0.15) is 23.9 Å². The van der Waals surface area contributed by atoms with E-state index >= 15 is 0 Å². The molecule has 0 radical (unpaired) electrons. The van der Waals surface area contributed by atoms with Crippen molar-refractivity contribution in [3.63, 3.8) is 0 Å². The highest BCUT2D eigenvalue weighted by atomic mass is 32.1. The van der Waals surface area contributed by atoms with Crippen LogP contribution in [-0.2, 0) is 26.8 Å². The summed E-state index contributed by atoms with van der Waals surface area (Å²) in [5.41, 5.74) is -2.12. The molecule has 4 aromatic rings. The number of aryl methyl sites for hydroxylation is 1. The lowest BCUT2D eigenvalue weighted by atomic mass is 9.92. The highest BCUT2D eigenvalue weighted by Gasteiger charge is 2.34. The Morgan fingerprint density at radius 2 is 1.70 bits per heavy atom. The molecule has 1 amide bonds. The molecule has 1 aromatic heterocycles. The number of carbonyl (C=O) groups is 1. The molecule has 3 aromatic carbocycles. The number of aliphatic hydroxyl groups excluding tert-OH is 1. The molecule has 236 valence electrons. The molecule has 44 heavy (non-hydrogen) atoms. The van der Waals surface area contributed by atoms with Crippen molar-refractivity contribution in [3.8, 4) is 11.5 Å². The zero-order valence-electron chi connectivity index (χ0n) is 24.7. The number of ether oxygens (including phenoxy) is 4. The largest absolute Gasteiger partial charge is 0.457 e. The van der Waals surface area contributed by atoms with Crippen LogP contribution >= 0.6 is 11.3 Å². The average molecular weight is 634 g/mol. The Kier molecular flexibility index (Phi) is 10.2. The van der Waals surface area contributed by atoms with Crippen LogP contribution in [0.2, 0.25) is 0 Å². The van der Waals surface area contributed by atoms with Crippen LogP contribution in [0.15, 0.2) is 65.5 Å². The summed E-state index contributed by atoms with van der Waals surface area (Å²) in [7, 11) is 1.46. The van der Waals surface area contributed by atoms with Gasteiger partial charge in [-0.05, 0) is 87.7 Å². The molecule has 8 nitrogen and oxygen atoms in total. The first-order valence-corrected chi connectivity index (χ1v) is 14.6. The average Bonchev–Trinajstić information content (AvgIpc) is 2.95. The second-order valence-corrected chi connectivity index (χ2v) is 12.5. The van der Waals surface area contributed by atoms with Gasteiger partial charge in [-0.25, -0.2) is 4.79 Å². The summed E-state index contributed by atoms with van der Waals surface area (Å²) < 4.78 is 62.1. The van der Waals surface area contributed by atoms with Crippen LogP contribution in [0.25, 0.3) is 20.2 Å². The Bertz CT molecular complexity index is 1680. The van der Waals surface area contributed by atoms with Crippen molar-refractivity contribution in [2.45, 2.75) is 50.9 Å². The van der Waals surface area contributed by atoms with Gasteiger partial charge >= 0.3 is 12.3 Å². The number of hydrogen-bond donors (Lipinski definition) is 2. The zero-order valence-corrected chi connectivity index (χ0v) is 25.6. The third-order valence-corrected chi connectivity index (χ3v) is 7.78. The molecule has 0 fully saturated rings. The summed E-state index contributed by atoms with van der Waals surface area (Å²) in [5, 5.41) is 14.0. The van der Waals surface area contributed by atoms with Crippen LogP contribution in [0.3, 0.4) is 0 Å². The zero-order chi connectivity index (χ0) is 32.1. The Morgan fingerprint density at radius 3 is 2.39 bits per heavy atom. The minimum absolute atomic E-state index is 0.0321. The van der Waals surface area contributed by atoms with Crippen LogP contribution in [0.4, 0.5) is 18.0 Å². The fraction of sp³-hybridized carbons (Fsp3) is 0.375. The number of methoxy groups -OCH3 is 1. The Balaban J connectivity index is 1.57. The van der Waals surface area contributed by atoms with Crippen LogP contribution in [0.1, 0.15) is 38.3 Å². The summed E-state index contributed by atoms with van der Waals surface area (Å²) in [6.45, 7) is 4.72. The fourth-order valence-corrected chi connectivity index (χ4v) is 5.61. The van der Waals surface area contributed by atoms with E-state index in [0.29, 0.717) is 32.3 Å². The van der Waals surface area contributed by atoms with E-state index in [4.69, 9.17) is 18.9 Å². The van der Waals surface area contributed by atoms with Crippen molar-refractivity contribution in [1.82, 2.24) is 5.32 Å². The van der Waals surface area contributed by atoms with Gasteiger partial charge in [0, 0.05) is 27.3 Å². The highest BCUT2D eigenvalue weighted by molar-refractivity contribution is 7.24. The molecule has 1 heterocycles. The van der Waals surface area contributed by atoms with Crippen LogP contribution in [0, 0.1) is 0 Å². The van der Waals surface area contributed by atoms with E-state index in [1.807, 2.05) is 12.1 Å². The second kappa shape index (κ2) is 13.5. The molecule has 0 aliphatic heterocycles. The van der Waals surface area contributed by atoms with Gasteiger partial charge in [0.05, 0.1) is 24.3 Å². The standard InChI is InChI=1S/C32H34F3NO7S/c1-30(2,3)43-29(39)36-31(17-37,18-41-19-40-4)13-12-20-8-11-26-25(14-20)28(38)24-10-9-23(16-27(24)44-26)42-22-7-5-6-21(15-22)32(33,34)35/h5-11,14-16,37H,12-13,17-19H2,1-4H3,(H,36,39). The second-order valence-electron chi connectivity index (χ2n) is 11.4. The number of alkyl halides is 3. The maximum absolute atomic E-state index is 13.5. The third-order valence-electron chi connectivity index (χ3n) is 6.64. The molecule has 0 spiro atoms. The maximum Gasteiger partial charge on any atom is 0.416 e. The van der Waals surface area contributed by atoms with Gasteiger partial charge < -0.3 is 29.4 Å². The topological polar surface area (TPSA) is 103 Å². The van der Waals surface area contributed by atoms with E-state index < -0.39 is 35.6 Å². The Morgan fingerprint density at radius 1 is 0.955 bits per heavy atom. The highest BCUT2D eigenvalue weighted by Crippen LogP contribution is 2.34. The predicted molar refractivity (Wildman–Crippen MR) is 162 cm³/mol. The molecular weight excluding hydrogens is 599 g/mol. The Labute approximate surface area is 256 Å². The monoisotopic (exact) mass is 633 g/mol. The fourth-order valence-electron chi connectivity index (χ4n) is 4.53. The first-order chi connectivity index (χ1) is 20.7. The summed E-state index contributed by atoms with van der Waals surface area (Å²) >= 11 is 1.35. The van der Waals surface area contributed by atoms with Gasteiger partial charge in [0.15, 0.2) is 5.43 Å². The summed E-state index contributed by atoms with van der Waals surface area (Å²) in [6.07, 6.45) is -4.52. The number of hydrogen-bond acceptors (Lipinski definition) is 8. The van der Waals surface area contributed by atoms with E-state index in [1.54, 1.807) is 45.0 Å². The molecule has 4 rings (SSSR count). The number of alkyl carbamates (subject to hydrolysis) is 1. The van der Waals surface area contributed by atoms with Crippen molar-refractivity contribution < 1.29 is 42.0 Å². The molecule has 1 atom stereocenters. The van der Waals surface area contributed by atoms with Gasteiger partial charge in [-0.2, -0.15) is 13.2 Å². The van der Waals surface area contributed by atoms with Gasteiger partial charge in [0.25, 0.3) is 0 Å². The molecule has 0 aliphatic carbocycles. The molecule has 12 heteroatoms. The number of carbonyl (C=O) groups excluding carboxylic acids is 1. The number of fused-ring (bicyclic) bond motifs is 2. The third kappa shape index (κ3) is 8.47. The number of halogens is 3. The molecule has 0 bridgehead atoms. The number of benzene rings is 3. The lowest BCUT2D eigenvalue weighted by Crippen LogP contribution is -2.56. The smallest absolute Gasteiger partial charge is 0.416 e. The van der Waals surface area contributed by atoms with E-state index in [9.17, 15) is 27.9 Å². The molecule has 2 N–H and O–H groups in total. The summed E-state index contributed by atoms with van der Waals surface area (Å²) in [5.74, 6) is 0.335. The molecular formula is C32H34F3NO7S. The summed E-state index contributed by atoms with van der Waals surface area (Å²) in [6, 6.07) is 14.8. The van der Waals surface area contributed by atoms with Crippen LogP contribution < -0.4 is 15.5 Å². The van der Waals surface area contributed by atoms with E-state index in [0.717, 1.165) is 17.7 Å². The first kappa shape index (κ1) is 33.2. The minimum atomic E-state index is -4.49. The lowest BCUT2D eigenvalue weighted by molar-refractivity contribution is -0.137. The maximum atomic E-state index is 13.5. The van der Waals surface area contributed by atoms with Crippen molar-refractivity contribution in [3.05, 3.63) is 82.0 Å². The van der Waals surface area contributed by atoms with E-state index in [1.165, 1.54) is 30.6 Å². The summed E-state index contributed by atoms with van der Waals surface area (Å²) in [4.78, 5) is 26.0. The first-order valence-electron chi connectivity index (χ1n) is 13.8. The van der Waals surface area contributed by atoms with Crippen molar-refractivity contribution in [2.75, 3.05) is 27.1 Å². The normalized spacial score (nSPS) is 13.5. The van der Waals surface area contributed by atoms with Crippen molar-refractivity contribution >= 4 is 37.6 Å². The molecule has 1 unspecified atom stereocenters. The molecule has 0 saturated heterocycles. The SMILES string of the molecule is COCOCC(CO)(CCc1ccc2sc3cc(Oc4cccc(C(F)(F)F)c4)ccc3c(=O)c2c1)NC(=O)OC(C)(C)C. The number of aliphatic hydroxyl groups is 1. The van der Waals surface area contributed by atoms with Gasteiger partial charge in [0.2, 0.25) is 0 Å². The quantitative estimate of drug-likeness (QED) is 0.104. The van der Waals surface area contributed by atoms with Crippen LogP contribution in [0.5, 0.6) is 11.5 Å². The van der Waals surface area contributed by atoms with Crippen LogP contribution in [-0.4, -0.2) is 49.5 Å². The van der Waals surface area contributed by atoms with Gasteiger partial charge in [-0.15, -0.1) is 11.3 Å². The van der Waals surface area contributed by atoms with Crippen molar-refractivity contribution in [1.29, 1.82) is 0 Å². The van der Waals surface area contributed by atoms with Gasteiger partial charge in [-0.1, -0.05) is 12.1 Å². The number of rotatable bonds is 11. The van der Waals surface area contributed by atoms with E-state index in [-0.39, 0.29) is 31.0 Å². The van der Waals surface area contributed by atoms with Gasteiger partial charge in [-0.3, -0.25) is 4.79 Å². The molecule has 0 aliphatic rings. The molecule has 0 saturated carbocycles. The van der Waals surface area contributed by atoms with Crippen molar-refractivity contribution in [2.24, 2.45) is 0 Å². The predicted octanol–water partition coefficient (Wildman–Crippen LogP) is 7.03. The minimum Gasteiger partial charge on any atom is -0.457 e. The number of amides is 1. The number of nitrogens with one attached hydrogen (secondary N) is 1. The van der Waals surface area contributed by atoms with E-state index in [2.05, 4.69) is 5.32 Å².